The van der Waals surface area contributed by atoms with Gasteiger partial charge in [0.25, 0.3) is 0 Å². The number of hydrogen-bond acceptors (Lipinski definition) is 3. The van der Waals surface area contributed by atoms with Gasteiger partial charge in [-0.05, 0) is 30.5 Å². The summed E-state index contributed by atoms with van der Waals surface area (Å²) in [5.74, 6) is 0. The molecule has 0 aliphatic rings. The normalized spacial score (nSPS) is 15.5. The van der Waals surface area contributed by atoms with Gasteiger partial charge in [0, 0.05) is 11.7 Å². The summed E-state index contributed by atoms with van der Waals surface area (Å²) in [7, 11) is -4.02. The van der Waals surface area contributed by atoms with Gasteiger partial charge in [0.15, 0.2) is 0 Å². The summed E-state index contributed by atoms with van der Waals surface area (Å²) in [6.07, 6.45) is 0.888. The predicted octanol–water partition coefficient (Wildman–Crippen LogP) is 1.09. The zero-order valence-electron chi connectivity index (χ0n) is 9.78. The topological polar surface area (TPSA) is 110 Å². The number of hydrogen-bond donors (Lipinski definition) is 4. The zero-order chi connectivity index (χ0) is 13.1. The molecule has 5 nitrogen and oxygen atoms in total. The summed E-state index contributed by atoms with van der Waals surface area (Å²) < 4.78 is 11.0. The van der Waals surface area contributed by atoms with Gasteiger partial charge in [-0.3, -0.25) is 4.57 Å². The van der Waals surface area contributed by atoms with Gasteiger partial charge in [-0.15, -0.1) is 0 Å². The van der Waals surface area contributed by atoms with E-state index in [0.717, 1.165) is 5.56 Å². The number of anilines is 1. The molecule has 6 N–H and O–H groups in total. The van der Waals surface area contributed by atoms with E-state index < -0.39 is 13.3 Å². The van der Waals surface area contributed by atoms with Crippen molar-refractivity contribution in [3.8, 4) is 0 Å². The van der Waals surface area contributed by atoms with E-state index in [1.54, 1.807) is 12.1 Å². The Morgan fingerprint density at radius 1 is 1.29 bits per heavy atom. The van der Waals surface area contributed by atoms with Crippen molar-refractivity contribution >= 4 is 13.3 Å². The van der Waals surface area contributed by atoms with E-state index in [1.807, 2.05) is 12.1 Å². The Morgan fingerprint density at radius 3 is 2.29 bits per heavy atom. The summed E-state index contributed by atoms with van der Waals surface area (Å²) in [5, 5.41) is 0. The van der Waals surface area contributed by atoms with Crippen LogP contribution in [-0.2, 0) is 11.0 Å². The monoisotopic (exact) mass is 258 g/mol. The highest BCUT2D eigenvalue weighted by Gasteiger charge is 2.25. The minimum atomic E-state index is -4.02. The molecule has 0 spiro atoms. The Kier molecular flexibility index (Phi) is 4.71. The second-order valence-electron chi connectivity index (χ2n) is 4.38. The number of benzene rings is 1. The zero-order valence-corrected chi connectivity index (χ0v) is 10.7. The van der Waals surface area contributed by atoms with Crippen molar-refractivity contribution in [3.63, 3.8) is 0 Å². The van der Waals surface area contributed by atoms with E-state index in [2.05, 4.69) is 0 Å². The Hall–Kier alpha value is -0.870. The molecule has 0 heterocycles. The molecule has 0 bridgehead atoms. The summed E-state index contributed by atoms with van der Waals surface area (Å²) in [6.45, 7) is 1.52. The largest absolute Gasteiger partial charge is 0.399 e. The standard InChI is InChI=1S/C11H19N2O3P/c1-8(17(14,15)16)6-11(13)7-9-2-4-10(12)5-3-9/h2-5,8,11H,6-7,12-13H2,1H3,(H2,14,15,16)/t8-,11+/m0/s1. The Bertz CT molecular complexity index is 402. The van der Waals surface area contributed by atoms with Crippen LogP contribution in [0.15, 0.2) is 24.3 Å². The lowest BCUT2D eigenvalue weighted by Crippen LogP contribution is -2.27. The number of nitrogens with two attached hydrogens (primary N) is 2. The van der Waals surface area contributed by atoms with Crippen molar-refractivity contribution in [1.29, 1.82) is 0 Å². The molecule has 1 aromatic rings. The Morgan fingerprint density at radius 2 is 1.82 bits per heavy atom. The molecular weight excluding hydrogens is 239 g/mol. The van der Waals surface area contributed by atoms with Crippen LogP contribution in [0, 0.1) is 0 Å². The highest BCUT2D eigenvalue weighted by Crippen LogP contribution is 2.42. The molecule has 0 fully saturated rings. The summed E-state index contributed by atoms with van der Waals surface area (Å²) in [4.78, 5) is 18.0. The first-order chi connectivity index (χ1) is 7.79. The van der Waals surface area contributed by atoms with E-state index in [-0.39, 0.29) is 6.04 Å². The molecule has 17 heavy (non-hydrogen) atoms. The first-order valence-corrected chi connectivity index (χ1v) is 7.12. The third kappa shape index (κ3) is 4.88. The van der Waals surface area contributed by atoms with E-state index in [4.69, 9.17) is 21.3 Å². The van der Waals surface area contributed by atoms with Crippen LogP contribution in [0.25, 0.3) is 0 Å². The maximum Gasteiger partial charge on any atom is 0.328 e. The molecule has 1 rings (SSSR count). The highest BCUT2D eigenvalue weighted by atomic mass is 31.2. The van der Waals surface area contributed by atoms with Crippen LogP contribution in [0.5, 0.6) is 0 Å². The van der Waals surface area contributed by atoms with Crippen LogP contribution in [0.2, 0.25) is 0 Å². The van der Waals surface area contributed by atoms with Gasteiger partial charge in [-0.2, -0.15) is 0 Å². The van der Waals surface area contributed by atoms with Gasteiger partial charge >= 0.3 is 7.60 Å². The van der Waals surface area contributed by atoms with Crippen molar-refractivity contribution in [2.24, 2.45) is 5.73 Å². The second-order valence-corrected chi connectivity index (χ2v) is 6.44. The summed E-state index contributed by atoms with van der Waals surface area (Å²) in [6, 6.07) is 7.05. The molecule has 0 radical (unpaired) electrons. The van der Waals surface area contributed by atoms with Crippen LogP contribution >= 0.6 is 7.60 Å². The molecule has 0 unspecified atom stereocenters. The molecule has 2 atom stereocenters. The van der Waals surface area contributed by atoms with Gasteiger partial charge < -0.3 is 21.3 Å². The lowest BCUT2D eigenvalue weighted by molar-refractivity contribution is 0.353. The molecule has 0 aliphatic heterocycles. The fourth-order valence-electron chi connectivity index (χ4n) is 1.62. The Labute approximate surface area is 101 Å². The maximum absolute atomic E-state index is 11.0. The molecule has 0 aromatic heterocycles. The highest BCUT2D eigenvalue weighted by molar-refractivity contribution is 7.52. The van der Waals surface area contributed by atoms with Crippen molar-refractivity contribution in [2.45, 2.75) is 31.5 Å². The van der Waals surface area contributed by atoms with Crippen LogP contribution in [-0.4, -0.2) is 21.5 Å². The molecule has 0 saturated heterocycles. The molecular formula is C11H19N2O3P. The van der Waals surface area contributed by atoms with Crippen molar-refractivity contribution in [1.82, 2.24) is 0 Å². The van der Waals surface area contributed by atoms with E-state index in [9.17, 15) is 4.57 Å². The fourth-order valence-corrected chi connectivity index (χ4v) is 2.16. The molecule has 1 aromatic carbocycles. The lowest BCUT2D eigenvalue weighted by Gasteiger charge is -2.18. The van der Waals surface area contributed by atoms with Crippen molar-refractivity contribution in [3.05, 3.63) is 29.8 Å². The quantitative estimate of drug-likeness (QED) is 0.467. The maximum atomic E-state index is 11.0. The van der Waals surface area contributed by atoms with Crippen LogP contribution < -0.4 is 11.5 Å². The average molecular weight is 258 g/mol. The lowest BCUT2D eigenvalue weighted by atomic mass is 10.0. The Balaban J connectivity index is 2.53. The molecule has 6 heteroatoms. The minimum Gasteiger partial charge on any atom is -0.399 e. The van der Waals surface area contributed by atoms with Gasteiger partial charge in [-0.1, -0.05) is 19.1 Å². The predicted molar refractivity (Wildman–Crippen MR) is 68.7 cm³/mol. The van der Waals surface area contributed by atoms with Gasteiger partial charge in [0.05, 0.1) is 5.66 Å². The SMILES string of the molecule is C[C@@H](C[C@@H](N)Cc1ccc(N)cc1)P(=O)(O)O. The second kappa shape index (κ2) is 5.65. The van der Waals surface area contributed by atoms with Crippen molar-refractivity contribution in [2.75, 3.05) is 5.73 Å². The third-order valence-electron chi connectivity index (χ3n) is 2.70. The van der Waals surface area contributed by atoms with Gasteiger partial charge in [-0.25, -0.2) is 0 Å². The summed E-state index contributed by atoms with van der Waals surface area (Å²) >= 11 is 0. The van der Waals surface area contributed by atoms with Crippen molar-refractivity contribution < 1.29 is 14.4 Å². The van der Waals surface area contributed by atoms with Crippen LogP contribution in [0.3, 0.4) is 0 Å². The average Bonchev–Trinajstić information content (AvgIpc) is 2.20. The number of rotatable bonds is 5. The van der Waals surface area contributed by atoms with E-state index in [0.29, 0.717) is 18.5 Å². The fraction of sp³-hybridized carbons (Fsp3) is 0.455. The molecule has 96 valence electrons. The minimum absolute atomic E-state index is 0.263. The summed E-state index contributed by atoms with van der Waals surface area (Å²) in [5.41, 5.74) is 12.4. The van der Waals surface area contributed by atoms with Gasteiger partial charge in [0.1, 0.15) is 0 Å². The third-order valence-corrected chi connectivity index (χ3v) is 4.05. The molecule has 0 aliphatic carbocycles. The molecule has 0 amide bonds. The first kappa shape index (κ1) is 14.2. The number of nitrogen functional groups attached to an aromatic ring is 1. The first-order valence-electron chi connectivity index (χ1n) is 5.44. The van der Waals surface area contributed by atoms with Crippen LogP contribution in [0.1, 0.15) is 18.9 Å². The molecule has 0 saturated carbocycles. The van der Waals surface area contributed by atoms with Gasteiger partial charge in [0.2, 0.25) is 0 Å². The smallest absolute Gasteiger partial charge is 0.328 e. The van der Waals surface area contributed by atoms with Crippen LogP contribution in [0.4, 0.5) is 5.69 Å². The van der Waals surface area contributed by atoms with E-state index >= 15 is 0 Å². The van der Waals surface area contributed by atoms with E-state index in [1.165, 1.54) is 6.92 Å².